The summed E-state index contributed by atoms with van der Waals surface area (Å²) in [5.41, 5.74) is 1.49. The van der Waals surface area contributed by atoms with Gasteiger partial charge < -0.3 is 5.73 Å². The minimum atomic E-state index is -6.50. The van der Waals surface area contributed by atoms with Crippen molar-refractivity contribution in [3.8, 4) is 0 Å². The highest BCUT2D eigenvalue weighted by Gasteiger charge is 2.80. The second-order valence-electron chi connectivity index (χ2n) is 3.74. The molecule has 0 aliphatic rings. The zero-order chi connectivity index (χ0) is 16.9. The van der Waals surface area contributed by atoms with Crippen molar-refractivity contribution in [2.24, 2.45) is 0 Å². The molecule has 0 amide bonds. The van der Waals surface area contributed by atoms with Crippen molar-refractivity contribution in [1.29, 1.82) is 0 Å². The first-order valence-corrected chi connectivity index (χ1v) is 5.79. The van der Waals surface area contributed by atoms with Gasteiger partial charge in [-0.25, -0.2) is 9.78 Å². The van der Waals surface area contributed by atoms with Gasteiger partial charge in [-0.15, -0.1) is 0 Å². The van der Waals surface area contributed by atoms with Crippen molar-refractivity contribution >= 4 is 28.4 Å². The van der Waals surface area contributed by atoms with E-state index in [0.717, 1.165) is 0 Å². The van der Waals surface area contributed by atoms with Crippen LogP contribution in [-0.4, -0.2) is 25.7 Å². The van der Waals surface area contributed by atoms with Crippen LogP contribution in [0.4, 0.5) is 40.9 Å². The average Bonchev–Trinajstić information content (AvgIpc) is 2.26. The van der Waals surface area contributed by atoms with E-state index >= 15 is 0 Å². The third kappa shape index (κ3) is 2.66. The minimum Gasteiger partial charge on any atom is -0.385 e. The Morgan fingerprint density at radius 1 is 1.05 bits per heavy atom. The van der Waals surface area contributed by atoms with Gasteiger partial charge in [0.05, 0.1) is 5.56 Å². The smallest absolute Gasteiger partial charge is 0.385 e. The van der Waals surface area contributed by atoms with Crippen molar-refractivity contribution in [3.05, 3.63) is 22.2 Å². The zero-order valence-electron chi connectivity index (χ0n) is 9.41. The highest BCUT2D eigenvalue weighted by atomic mass is 127. The standard InChI is InChI=1S/C8H4F8IN3O/c9-5(10,2-1-19-4(21)20-3(2)18)6(11,12)7(13,14)8(15,16)17/h1H,(H3,18,19,20,21). The average molecular weight is 437 g/mol. The minimum absolute atomic E-state index is 0.191. The Balaban J connectivity index is 3.50. The van der Waals surface area contributed by atoms with E-state index in [1.165, 1.54) is 4.98 Å². The number of nitrogens with zero attached hydrogens (tertiary/aromatic N) is 1. The van der Waals surface area contributed by atoms with Gasteiger partial charge in [0.25, 0.3) is 0 Å². The maximum Gasteiger partial charge on any atom is 0.387 e. The SMILES string of the molecule is Nc1[nH]c(=O)ncc1C(F)(F)C(F)(F)C(F)(F)C(F)(F)I. The number of aromatic amines is 1. The maximum absolute atomic E-state index is 13.5. The molecule has 3 N–H and O–H groups in total. The molecule has 0 unspecified atom stereocenters. The van der Waals surface area contributed by atoms with Crippen LogP contribution in [0, 0.1) is 0 Å². The fourth-order valence-electron chi connectivity index (χ4n) is 1.20. The van der Waals surface area contributed by atoms with Gasteiger partial charge in [0.1, 0.15) is 5.82 Å². The van der Waals surface area contributed by atoms with Crippen LogP contribution >= 0.6 is 22.6 Å². The number of H-pyrrole nitrogens is 1. The molecule has 0 fully saturated rings. The Labute approximate surface area is 123 Å². The number of nitrogens with one attached hydrogen (secondary N) is 1. The summed E-state index contributed by atoms with van der Waals surface area (Å²) in [6.45, 7) is 0. The molecular weight excluding hydrogens is 433 g/mol. The lowest BCUT2D eigenvalue weighted by Crippen LogP contribution is -2.59. The highest BCUT2D eigenvalue weighted by molar-refractivity contribution is 14.1. The van der Waals surface area contributed by atoms with E-state index in [-0.39, 0.29) is 28.8 Å². The Kier molecular flexibility index (Phi) is 4.22. The van der Waals surface area contributed by atoms with Crippen LogP contribution in [0.2, 0.25) is 0 Å². The number of halogens is 9. The molecule has 1 rings (SSSR count). The lowest BCUT2D eigenvalue weighted by atomic mass is 9.99. The zero-order valence-corrected chi connectivity index (χ0v) is 11.6. The molecule has 4 nitrogen and oxygen atoms in total. The summed E-state index contributed by atoms with van der Waals surface area (Å²) in [6.07, 6.45) is -0.191. The first-order valence-electron chi connectivity index (χ1n) is 4.71. The van der Waals surface area contributed by atoms with Gasteiger partial charge in [-0.05, 0) is 0 Å². The third-order valence-corrected chi connectivity index (χ3v) is 3.00. The van der Waals surface area contributed by atoms with Crippen molar-refractivity contribution in [1.82, 2.24) is 9.97 Å². The molecule has 120 valence electrons. The second kappa shape index (κ2) is 4.95. The summed E-state index contributed by atoms with van der Waals surface area (Å²) < 4.78 is 99.2. The predicted molar refractivity (Wildman–Crippen MR) is 62.0 cm³/mol. The maximum atomic E-state index is 13.5. The van der Waals surface area contributed by atoms with Gasteiger partial charge >= 0.3 is 27.4 Å². The third-order valence-electron chi connectivity index (χ3n) is 2.33. The number of nitrogens with two attached hydrogens (primary N) is 1. The number of nitrogen functional groups attached to an aromatic ring is 1. The number of alkyl halides is 9. The monoisotopic (exact) mass is 437 g/mol. The molecule has 0 aliphatic heterocycles. The molecule has 0 spiro atoms. The van der Waals surface area contributed by atoms with E-state index in [9.17, 15) is 39.9 Å². The molecule has 0 atom stereocenters. The number of aromatic nitrogens is 2. The molecule has 1 aromatic rings. The summed E-state index contributed by atoms with van der Waals surface area (Å²) in [4.78, 5) is 14.6. The highest BCUT2D eigenvalue weighted by Crippen LogP contribution is 2.58. The largest absolute Gasteiger partial charge is 0.387 e. The summed E-state index contributed by atoms with van der Waals surface area (Å²) >= 11 is -0.383. The lowest BCUT2D eigenvalue weighted by molar-refractivity contribution is -0.347. The number of hydrogen-bond donors (Lipinski definition) is 2. The van der Waals surface area contributed by atoms with Gasteiger partial charge in [-0.1, -0.05) is 0 Å². The molecule has 0 saturated heterocycles. The number of hydrogen-bond acceptors (Lipinski definition) is 3. The van der Waals surface area contributed by atoms with Crippen molar-refractivity contribution < 1.29 is 35.1 Å². The Morgan fingerprint density at radius 2 is 1.52 bits per heavy atom. The molecule has 1 heterocycles. The van der Waals surface area contributed by atoms with E-state index in [2.05, 4.69) is 4.98 Å². The van der Waals surface area contributed by atoms with Crippen molar-refractivity contribution in [3.63, 3.8) is 0 Å². The summed E-state index contributed by atoms with van der Waals surface area (Å²) in [7, 11) is 0. The summed E-state index contributed by atoms with van der Waals surface area (Å²) in [6, 6.07) is 0. The molecule has 0 saturated carbocycles. The molecule has 0 aliphatic carbocycles. The molecule has 1 aromatic heterocycles. The molecule has 21 heavy (non-hydrogen) atoms. The van der Waals surface area contributed by atoms with Crippen molar-refractivity contribution in [2.45, 2.75) is 21.7 Å². The normalized spacial score (nSPS) is 14.3. The fraction of sp³-hybridized carbons (Fsp3) is 0.500. The Morgan fingerprint density at radius 3 is 1.90 bits per heavy atom. The second-order valence-corrected chi connectivity index (χ2v) is 5.09. The topological polar surface area (TPSA) is 71.8 Å². The van der Waals surface area contributed by atoms with Crippen LogP contribution in [-0.2, 0) is 5.92 Å². The van der Waals surface area contributed by atoms with Crippen LogP contribution in [0.5, 0.6) is 0 Å². The number of anilines is 1. The molecule has 0 radical (unpaired) electrons. The first kappa shape index (κ1) is 17.9. The van der Waals surface area contributed by atoms with Crippen molar-refractivity contribution in [2.75, 3.05) is 5.73 Å². The summed E-state index contributed by atoms with van der Waals surface area (Å²) in [5.74, 6) is -20.1. The predicted octanol–water partition coefficient (Wildman–Crippen LogP) is 2.74. The molecule has 0 aromatic carbocycles. The van der Waals surface area contributed by atoms with Crippen LogP contribution in [0.15, 0.2) is 11.0 Å². The van der Waals surface area contributed by atoms with E-state index in [4.69, 9.17) is 5.73 Å². The quantitative estimate of drug-likeness (QED) is 0.433. The van der Waals surface area contributed by atoms with Gasteiger partial charge in [0.15, 0.2) is 0 Å². The lowest BCUT2D eigenvalue weighted by Gasteiger charge is -2.34. The number of rotatable bonds is 4. The van der Waals surface area contributed by atoms with Crippen LogP contribution in [0.3, 0.4) is 0 Å². The van der Waals surface area contributed by atoms with E-state index in [1.807, 2.05) is 0 Å². The van der Waals surface area contributed by atoms with E-state index in [1.54, 1.807) is 0 Å². The Hall–Kier alpha value is -1.15. The van der Waals surface area contributed by atoms with E-state index < -0.39 is 38.8 Å². The molecular formula is C8H4F8IN3O. The van der Waals surface area contributed by atoms with E-state index in [0.29, 0.717) is 0 Å². The van der Waals surface area contributed by atoms with Gasteiger partial charge in [-0.3, -0.25) is 4.98 Å². The van der Waals surface area contributed by atoms with Gasteiger partial charge in [0, 0.05) is 28.8 Å². The van der Waals surface area contributed by atoms with Gasteiger partial charge in [0.2, 0.25) is 0 Å². The Bertz CT molecular complexity index is 596. The fourth-order valence-corrected chi connectivity index (χ4v) is 1.54. The van der Waals surface area contributed by atoms with Crippen LogP contribution in [0.1, 0.15) is 5.56 Å². The first-order chi connectivity index (χ1) is 9.16. The van der Waals surface area contributed by atoms with Crippen LogP contribution in [0.25, 0.3) is 0 Å². The molecule has 0 bridgehead atoms. The van der Waals surface area contributed by atoms with Crippen LogP contribution < -0.4 is 11.4 Å². The molecule has 13 heteroatoms. The van der Waals surface area contributed by atoms with Gasteiger partial charge in [-0.2, -0.15) is 35.1 Å². The summed E-state index contributed by atoms with van der Waals surface area (Å²) in [5, 5.41) is 0.